The van der Waals surface area contributed by atoms with Gasteiger partial charge in [-0.2, -0.15) is 13.8 Å². The molecule has 3 aromatic rings. The maximum Gasteiger partial charge on any atom is 0.387 e. The molecule has 1 fully saturated rings. The van der Waals surface area contributed by atoms with Crippen LogP contribution >= 0.6 is 0 Å². The number of benzene rings is 1. The molecule has 2 aromatic heterocycles. The monoisotopic (exact) mass is 431 g/mol. The Bertz CT molecular complexity index is 1100. The van der Waals surface area contributed by atoms with E-state index < -0.39 is 18.0 Å². The van der Waals surface area contributed by atoms with Crippen LogP contribution in [0.1, 0.15) is 19.3 Å². The van der Waals surface area contributed by atoms with E-state index in [1.807, 2.05) is 4.90 Å². The largest absolute Gasteiger partial charge is 0.435 e. The molecule has 2 N–H and O–H groups in total. The minimum absolute atomic E-state index is 0.0230. The Hall–Kier alpha value is -3.56. The van der Waals surface area contributed by atoms with Crippen molar-refractivity contribution in [2.75, 3.05) is 23.3 Å². The third-order valence-electron chi connectivity index (χ3n) is 4.94. The smallest absolute Gasteiger partial charge is 0.387 e. The van der Waals surface area contributed by atoms with Crippen LogP contribution in [0.15, 0.2) is 47.5 Å². The summed E-state index contributed by atoms with van der Waals surface area (Å²) in [4.78, 5) is 25.2. The van der Waals surface area contributed by atoms with Gasteiger partial charge in [-0.25, -0.2) is 9.37 Å². The van der Waals surface area contributed by atoms with Gasteiger partial charge in [0.15, 0.2) is 11.6 Å². The first-order chi connectivity index (χ1) is 15.0. The van der Waals surface area contributed by atoms with E-state index in [9.17, 15) is 18.0 Å². The Morgan fingerprint density at radius 3 is 2.55 bits per heavy atom. The van der Waals surface area contributed by atoms with Gasteiger partial charge in [0, 0.05) is 24.8 Å². The van der Waals surface area contributed by atoms with Crippen molar-refractivity contribution >= 4 is 17.5 Å². The number of H-pyrrole nitrogens is 1. The third kappa shape index (κ3) is 4.96. The van der Waals surface area contributed by atoms with E-state index in [4.69, 9.17) is 0 Å². The highest BCUT2D eigenvalue weighted by molar-refractivity contribution is 5.69. The third-order valence-corrected chi connectivity index (χ3v) is 4.94. The maximum atomic E-state index is 14.3. The van der Waals surface area contributed by atoms with Crippen LogP contribution in [0.2, 0.25) is 0 Å². The Balaban J connectivity index is 1.58. The molecular weight excluding hydrogens is 411 g/mol. The number of aromatic amines is 1. The summed E-state index contributed by atoms with van der Waals surface area (Å²) in [6, 6.07) is 7.48. The van der Waals surface area contributed by atoms with Gasteiger partial charge < -0.3 is 19.9 Å². The molecule has 1 saturated heterocycles. The average Bonchev–Trinajstić information content (AvgIpc) is 2.77. The molecule has 0 amide bonds. The number of halogens is 3. The number of ether oxygens (including phenoxy) is 1. The molecule has 3 heterocycles. The normalized spacial score (nSPS) is 14.0. The van der Waals surface area contributed by atoms with Crippen LogP contribution in [0.4, 0.5) is 30.6 Å². The van der Waals surface area contributed by atoms with Crippen LogP contribution < -0.4 is 20.5 Å². The first kappa shape index (κ1) is 20.7. The maximum absolute atomic E-state index is 14.3. The zero-order chi connectivity index (χ0) is 21.8. The Morgan fingerprint density at radius 1 is 1.10 bits per heavy atom. The fourth-order valence-corrected chi connectivity index (χ4v) is 3.39. The molecule has 0 unspecified atom stereocenters. The molecule has 0 aliphatic carbocycles. The van der Waals surface area contributed by atoms with Crippen LogP contribution in [0.5, 0.6) is 5.75 Å². The molecule has 0 saturated carbocycles. The van der Waals surface area contributed by atoms with E-state index in [1.54, 1.807) is 12.1 Å². The van der Waals surface area contributed by atoms with Gasteiger partial charge in [-0.05, 0) is 43.0 Å². The van der Waals surface area contributed by atoms with E-state index in [1.165, 1.54) is 24.4 Å². The van der Waals surface area contributed by atoms with Gasteiger partial charge in [-0.3, -0.25) is 4.79 Å². The van der Waals surface area contributed by atoms with Crippen LogP contribution in [0.25, 0.3) is 11.1 Å². The van der Waals surface area contributed by atoms with Crippen LogP contribution in [0, 0.1) is 5.82 Å². The lowest BCUT2D eigenvalue weighted by Crippen LogP contribution is -2.31. The van der Waals surface area contributed by atoms with Crippen molar-refractivity contribution in [3.63, 3.8) is 0 Å². The Kier molecular flexibility index (Phi) is 6.06. The predicted octanol–water partition coefficient (Wildman–Crippen LogP) is 4.31. The highest BCUT2D eigenvalue weighted by Crippen LogP contribution is 2.26. The first-order valence-corrected chi connectivity index (χ1v) is 9.82. The van der Waals surface area contributed by atoms with Crippen molar-refractivity contribution in [1.29, 1.82) is 0 Å². The molecule has 162 valence electrons. The summed E-state index contributed by atoms with van der Waals surface area (Å²) in [5.74, 6) is -0.349. The molecule has 4 rings (SSSR count). The molecule has 0 atom stereocenters. The van der Waals surface area contributed by atoms with E-state index in [2.05, 4.69) is 25.0 Å². The summed E-state index contributed by atoms with van der Waals surface area (Å²) in [5.41, 5.74) is 0.876. The van der Waals surface area contributed by atoms with Gasteiger partial charge in [0.25, 0.3) is 5.56 Å². The second kappa shape index (κ2) is 9.07. The van der Waals surface area contributed by atoms with Gasteiger partial charge >= 0.3 is 6.61 Å². The van der Waals surface area contributed by atoms with Crippen molar-refractivity contribution in [3.8, 4) is 16.9 Å². The lowest BCUT2D eigenvalue weighted by Gasteiger charge is -2.26. The second-order valence-corrected chi connectivity index (χ2v) is 7.07. The summed E-state index contributed by atoms with van der Waals surface area (Å²) in [6.07, 6.45) is 5.74. The lowest BCUT2D eigenvalue weighted by atomic mass is 10.1. The summed E-state index contributed by atoms with van der Waals surface area (Å²) in [7, 11) is 0. The van der Waals surface area contributed by atoms with E-state index in [0.717, 1.165) is 38.5 Å². The van der Waals surface area contributed by atoms with Crippen molar-refractivity contribution in [2.45, 2.75) is 25.9 Å². The zero-order valence-corrected chi connectivity index (χ0v) is 16.4. The van der Waals surface area contributed by atoms with Gasteiger partial charge in [0.2, 0.25) is 5.95 Å². The number of alkyl halides is 2. The number of hydrogen-bond donors (Lipinski definition) is 2. The van der Waals surface area contributed by atoms with Crippen LogP contribution in [-0.2, 0) is 0 Å². The summed E-state index contributed by atoms with van der Waals surface area (Å²) >= 11 is 0. The van der Waals surface area contributed by atoms with Gasteiger partial charge in [0.05, 0.1) is 6.20 Å². The molecule has 10 heteroatoms. The van der Waals surface area contributed by atoms with Gasteiger partial charge in [0.1, 0.15) is 11.4 Å². The molecular formula is C21H20F3N5O2. The number of nitrogens with one attached hydrogen (secondary N) is 2. The van der Waals surface area contributed by atoms with Gasteiger partial charge in [-0.15, -0.1) is 0 Å². The zero-order valence-electron chi connectivity index (χ0n) is 16.4. The summed E-state index contributed by atoms with van der Waals surface area (Å²) in [6.45, 7) is -1.31. The fraction of sp³-hybridized carbons (Fsp3) is 0.286. The second-order valence-electron chi connectivity index (χ2n) is 7.07. The topological polar surface area (TPSA) is 83.1 Å². The quantitative estimate of drug-likeness (QED) is 0.605. The highest BCUT2D eigenvalue weighted by Gasteiger charge is 2.17. The van der Waals surface area contributed by atoms with Gasteiger partial charge in [-0.1, -0.05) is 12.1 Å². The van der Waals surface area contributed by atoms with Crippen LogP contribution in [-0.4, -0.2) is 34.7 Å². The lowest BCUT2D eigenvalue weighted by molar-refractivity contribution is -0.0498. The molecule has 0 radical (unpaired) electrons. The molecule has 7 nitrogen and oxygen atoms in total. The molecule has 1 aromatic carbocycles. The SMILES string of the molecule is O=c1[nH]cc(-c2ccc(OC(F)F)cc2)cc1Nc1nc(N2CCCCC2)ncc1F. The Morgan fingerprint density at radius 2 is 1.84 bits per heavy atom. The summed E-state index contributed by atoms with van der Waals surface area (Å²) in [5, 5.41) is 2.75. The highest BCUT2D eigenvalue weighted by atomic mass is 19.3. The number of pyridine rings is 1. The van der Waals surface area contributed by atoms with E-state index in [-0.39, 0.29) is 17.3 Å². The number of rotatable bonds is 6. The van der Waals surface area contributed by atoms with E-state index in [0.29, 0.717) is 17.1 Å². The van der Waals surface area contributed by atoms with Crippen molar-refractivity contribution in [1.82, 2.24) is 15.0 Å². The van der Waals surface area contributed by atoms with Crippen LogP contribution in [0.3, 0.4) is 0 Å². The molecule has 0 bridgehead atoms. The Labute approximate surface area is 175 Å². The number of nitrogens with zero attached hydrogens (tertiary/aromatic N) is 3. The molecule has 1 aliphatic heterocycles. The number of anilines is 3. The fourth-order valence-electron chi connectivity index (χ4n) is 3.39. The standard InChI is InChI=1S/C21H20F3N5O2/c22-16-12-26-21(29-8-2-1-3-9-29)28-18(16)27-17-10-14(11-25-19(17)30)13-4-6-15(7-5-13)31-20(23)24/h4-7,10-12,20H,1-3,8-9H2,(H,25,30)(H,26,27,28). The van der Waals surface area contributed by atoms with Crippen molar-refractivity contribution in [2.24, 2.45) is 0 Å². The summed E-state index contributed by atoms with van der Waals surface area (Å²) < 4.78 is 43.3. The number of hydrogen-bond acceptors (Lipinski definition) is 6. The van der Waals surface area contributed by atoms with E-state index >= 15 is 0 Å². The molecule has 31 heavy (non-hydrogen) atoms. The molecule has 0 spiro atoms. The minimum atomic E-state index is -2.91. The predicted molar refractivity (Wildman–Crippen MR) is 110 cm³/mol. The first-order valence-electron chi connectivity index (χ1n) is 9.82. The minimum Gasteiger partial charge on any atom is -0.435 e. The van der Waals surface area contributed by atoms with Crippen molar-refractivity contribution < 1.29 is 17.9 Å². The average molecular weight is 431 g/mol. The number of piperidine rings is 1. The number of aromatic nitrogens is 3. The van der Waals surface area contributed by atoms with Crippen molar-refractivity contribution in [3.05, 3.63) is 58.9 Å². The molecule has 1 aliphatic rings.